The smallest absolute Gasteiger partial charge is 0.348 e. The highest BCUT2D eigenvalue weighted by Gasteiger charge is 2.44. The summed E-state index contributed by atoms with van der Waals surface area (Å²) in [6, 6.07) is -0.870. The van der Waals surface area contributed by atoms with E-state index < -0.39 is 51.1 Å². The lowest BCUT2D eigenvalue weighted by Gasteiger charge is -2.34. The van der Waals surface area contributed by atoms with Gasteiger partial charge in [-0.15, -0.1) is 0 Å². The van der Waals surface area contributed by atoms with Crippen molar-refractivity contribution in [2.24, 2.45) is 0 Å². The maximum atomic E-state index is 14.8. The molecule has 1 N–H and O–H groups in total. The van der Waals surface area contributed by atoms with Crippen LogP contribution in [0.4, 0.5) is 27.9 Å². The van der Waals surface area contributed by atoms with Crippen LogP contribution in [0.3, 0.4) is 0 Å². The second kappa shape index (κ2) is 10.7. The number of alkyl halides is 5. The van der Waals surface area contributed by atoms with Crippen molar-refractivity contribution in [3.63, 3.8) is 0 Å². The van der Waals surface area contributed by atoms with Gasteiger partial charge in [0.25, 0.3) is 0 Å². The van der Waals surface area contributed by atoms with Gasteiger partial charge in [-0.3, -0.25) is 0 Å². The lowest BCUT2D eigenvalue weighted by molar-refractivity contribution is -0.137. The van der Waals surface area contributed by atoms with Crippen molar-refractivity contribution in [2.45, 2.75) is 76.4 Å². The van der Waals surface area contributed by atoms with Gasteiger partial charge < -0.3 is 9.88 Å². The molecule has 2 fully saturated rings. The number of hydrogen-bond donors (Lipinski definition) is 1. The average Bonchev–Trinajstić information content (AvgIpc) is 3.56. The molecule has 0 spiro atoms. The summed E-state index contributed by atoms with van der Waals surface area (Å²) in [5, 5.41) is 2.25. The van der Waals surface area contributed by atoms with Gasteiger partial charge in [0.1, 0.15) is 29.3 Å². The summed E-state index contributed by atoms with van der Waals surface area (Å²) in [6.45, 7) is 4.98. The molecule has 0 amide bonds. The first-order valence-electron chi connectivity index (χ1n) is 11.4. The Hall–Kier alpha value is -2.35. The van der Waals surface area contributed by atoms with Crippen LogP contribution in [-0.4, -0.2) is 69.0 Å². The SMILES string of the molecule is CC.CC(F)Cn1cnc(-c2nc(N[C@H]3CCN(S(=O)(=O)C4CC4)C[C@H]3F)ncc2C(F)(F)F)c1.[HH]. The quantitative estimate of drug-likeness (QED) is 0.541. The number of anilines is 1. The molecule has 1 saturated carbocycles. The van der Waals surface area contributed by atoms with Gasteiger partial charge in [-0.2, -0.15) is 17.5 Å². The Bertz CT molecular complexity index is 1110. The van der Waals surface area contributed by atoms with Crippen molar-refractivity contribution in [3.8, 4) is 11.4 Å². The van der Waals surface area contributed by atoms with E-state index in [1.807, 2.05) is 13.8 Å². The van der Waals surface area contributed by atoms with Crippen molar-refractivity contribution in [1.82, 2.24) is 23.8 Å². The Kier molecular flexibility index (Phi) is 8.35. The normalized spacial score (nSPS) is 22.3. The standard InChI is InChI=1S/C19H23F5N6O2S.C2H6.H2/c1-11(20)7-29-9-16(26-10-29)17-13(19(22,23)24)6-25-18(28-17)27-15-4-5-30(8-14(15)21)33(31,32)12-2-3-12;1-2;/h6,9-12,14-15H,2-5,7-8H2,1H3,(H,25,27,28);1-2H3;1H/t11?,14-,15+;;/m1../s1. The van der Waals surface area contributed by atoms with Crippen molar-refractivity contribution in [1.29, 1.82) is 0 Å². The molecule has 2 aromatic rings. The third kappa shape index (κ3) is 6.46. The molecular formula is C21H31F5N6O2S. The fourth-order valence-electron chi connectivity index (χ4n) is 3.74. The van der Waals surface area contributed by atoms with E-state index in [1.54, 1.807) is 0 Å². The molecule has 8 nitrogen and oxygen atoms in total. The third-order valence-electron chi connectivity index (χ3n) is 5.56. The summed E-state index contributed by atoms with van der Waals surface area (Å²) in [7, 11) is -3.52. The zero-order valence-corrected chi connectivity index (χ0v) is 20.5. The number of aromatic nitrogens is 4. The summed E-state index contributed by atoms with van der Waals surface area (Å²) < 4.78 is 95.6. The number of imidazole rings is 1. The van der Waals surface area contributed by atoms with Crippen LogP contribution in [-0.2, 0) is 22.7 Å². The van der Waals surface area contributed by atoms with Crippen LogP contribution in [0.2, 0.25) is 0 Å². The Morgan fingerprint density at radius 3 is 2.49 bits per heavy atom. The summed E-state index contributed by atoms with van der Waals surface area (Å²) in [5.74, 6) is -0.238. The molecule has 3 heterocycles. The van der Waals surface area contributed by atoms with E-state index >= 15 is 0 Å². The van der Waals surface area contributed by atoms with Gasteiger partial charge in [-0.1, -0.05) is 13.8 Å². The fraction of sp³-hybridized carbons (Fsp3) is 0.667. The van der Waals surface area contributed by atoms with Gasteiger partial charge in [0.15, 0.2) is 0 Å². The molecule has 35 heavy (non-hydrogen) atoms. The number of piperidine rings is 1. The van der Waals surface area contributed by atoms with Gasteiger partial charge in [0.05, 0.1) is 24.2 Å². The minimum absolute atomic E-state index is 0. The largest absolute Gasteiger partial charge is 0.420 e. The number of rotatable bonds is 7. The topological polar surface area (TPSA) is 93.0 Å². The predicted octanol–water partition coefficient (Wildman–Crippen LogP) is 4.31. The van der Waals surface area contributed by atoms with Gasteiger partial charge in [-0.05, 0) is 26.2 Å². The summed E-state index contributed by atoms with van der Waals surface area (Å²) in [4.78, 5) is 11.5. The van der Waals surface area contributed by atoms with E-state index in [9.17, 15) is 30.4 Å². The molecule has 2 aromatic heterocycles. The Balaban J connectivity index is 0.00000148. The van der Waals surface area contributed by atoms with E-state index in [2.05, 4.69) is 20.3 Å². The van der Waals surface area contributed by atoms with Gasteiger partial charge in [0, 0.05) is 26.9 Å². The zero-order chi connectivity index (χ0) is 26.0. The molecule has 0 radical (unpaired) electrons. The van der Waals surface area contributed by atoms with Crippen molar-refractivity contribution >= 4 is 16.0 Å². The number of nitrogens with one attached hydrogen (secondary N) is 1. The molecule has 1 aliphatic carbocycles. The van der Waals surface area contributed by atoms with E-state index in [-0.39, 0.29) is 39.1 Å². The minimum atomic E-state index is -4.77. The Morgan fingerprint density at radius 1 is 1.23 bits per heavy atom. The molecule has 4 rings (SSSR count). The summed E-state index contributed by atoms with van der Waals surface area (Å²) >= 11 is 0. The van der Waals surface area contributed by atoms with E-state index in [4.69, 9.17) is 0 Å². The molecule has 198 valence electrons. The van der Waals surface area contributed by atoms with Crippen LogP contribution in [0.1, 0.15) is 47.0 Å². The van der Waals surface area contributed by atoms with Gasteiger partial charge >= 0.3 is 6.18 Å². The third-order valence-corrected chi connectivity index (χ3v) is 7.92. The monoisotopic (exact) mass is 526 g/mol. The van der Waals surface area contributed by atoms with Crippen LogP contribution in [0, 0.1) is 0 Å². The first-order valence-corrected chi connectivity index (χ1v) is 13.0. The second-order valence-electron chi connectivity index (χ2n) is 8.35. The van der Waals surface area contributed by atoms with Gasteiger partial charge in [0.2, 0.25) is 16.0 Å². The highest BCUT2D eigenvalue weighted by molar-refractivity contribution is 7.90. The molecular weight excluding hydrogens is 495 g/mol. The van der Waals surface area contributed by atoms with E-state index in [0.29, 0.717) is 19.0 Å². The number of sulfonamides is 1. The predicted molar refractivity (Wildman–Crippen MR) is 123 cm³/mol. The van der Waals surface area contributed by atoms with Crippen molar-refractivity contribution in [3.05, 3.63) is 24.3 Å². The zero-order valence-electron chi connectivity index (χ0n) is 19.6. The van der Waals surface area contributed by atoms with Crippen molar-refractivity contribution < 1.29 is 31.8 Å². The fourth-order valence-corrected chi connectivity index (χ4v) is 5.60. The summed E-state index contributed by atoms with van der Waals surface area (Å²) in [6.07, 6.45) is -3.31. The minimum Gasteiger partial charge on any atom is -0.348 e. The highest BCUT2D eigenvalue weighted by atomic mass is 32.2. The molecule has 0 bridgehead atoms. The second-order valence-corrected chi connectivity index (χ2v) is 10.6. The number of hydrogen-bond acceptors (Lipinski definition) is 6. The molecule has 1 unspecified atom stereocenters. The van der Waals surface area contributed by atoms with E-state index in [0.717, 1.165) is 4.31 Å². The maximum absolute atomic E-state index is 14.8. The summed E-state index contributed by atoms with van der Waals surface area (Å²) in [5.41, 5.74) is -1.78. The van der Waals surface area contributed by atoms with Gasteiger partial charge in [-0.25, -0.2) is 32.2 Å². The molecule has 14 heteroatoms. The Morgan fingerprint density at radius 2 is 1.91 bits per heavy atom. The van der Waals surface area contributed by atoms with Crippen LogP contribution in [0.5, 0.6) is 0 Å². The average molecular weight is 527 g/mol. The lowest BCUT2D eigenvalue weighted by Crippen LogP contribution is -2.50. The first kappa shape index (κ1) is 27.2. The van der Waals surface area contributed by atoms with Crippen LogP contribution in [0.25, 0.3) is 11.4 Å². The lowest BCUT2D eigenvalue weighted by atomic mass is 10.1. The highest BCUT2D eigenvalue weighted by Crippen LogP contribution is 2.36. The molecule has 3 atom stereocenters. The maximum Gasteiger partial charge on any atom is 0.420 e. The first-order chi connectivity index (χ1) is 16.4. The number of halogens is 5. The van der Waals surface area contributed by atoms with E-state index in [1.165, 1.54) is 24.0 Å². The molecule has 1 aliphatic heterocycles. The van der Waals surface area contributed by atoms with Crippen LogP contribution < -0.4 is 5.32 Å². The molecule has 2 aliphatic rings. The van der Waals surface area contributed by atoms with Crippen LogP contribution >= 0.6 is 0 Å². The van der Waals surface area contributed by atoms with Crippen molar-refractivity contribution in [2.75, 3.05) is 18.4 Å². The molecule has 0 aromatic carbocycles. The van der Waals surface area contributed by atoms with Crippen LogP contribution in [0.15, 0.2) is 18.7 Å². The number of nitrogens with zero attached hydrogens (tertiary/aromatic N) is 5. The Labute approximate surface area is 202 Å². The molecule has 1 saturated heterocycles.